The van der Waals surface area contributed by atoms with Crippen molar-refractivity contribution in [2.24, 2.45) is 11.5 Å². The number of carbonyl (C=O) groups is 2. The number of rotatable bonds is 2. The summed E-state index contributed by atoms with van der Waals surface area (Å²) in [4.78, 5) is 19.1. The van der Waals surface area contributed by atoms with Crippen molar-refractivity contribution in [3.05, 3.63) is 0 Å². The number of nitrogens with two attached hydrogens (primary N) is 2. The van der Waals surface area contributed by atoms with E-state index in [4.69, 9.17) is 21.7 Å². The van der Waals surface area contributed by atoms with Crippen LogP contribution in [0.3, 0.4) is 0 Å². The van der Waals surface area contributed by atoms with Crippen molar-refractivity contribution in [1.29, 1.82) is 0 Å². The Morgan fingerprint density at radius 1 is 1.00 bits per heavy atom. The maximum absolute atomic E-state index is 9.57. The van der Waals surface area contributed by atoms with Gasteiger partial charge in [-0.05, 0) is 13.8 Å². The lowest BCUT2D eigenvalue weighted by Crippen LogP contribution is -2.25. The van der Waals surface area contributed by atoms with Crippen LogP contribution in [0.15, 0.2) is 0 Å². The highest BCUT2D eigenvalue weighted by molar-refractivity contribution is 5.72. The second-order valence-corrected chi connectivity index (χ2v) is 2.25. The highest BCUT2D eigenvalue weighted by atomic mass is 16.4. The van der Waals surface area contributed by atoms with E-state index in [2.05, 4.69) is 0 Å². The van der Waals surface area contributed by atoms with Gasteiger partial charge in [0.2, 0.25) is 0 Å². The fraction of sp³-hybridized carbons (Fsp3) is 0.667. The Bertz CT molecular complexity index is 138. The molecular formula is C6H14N2O4. The van der Waals surface area contributed by atoms with Crippen molar-refractivity contribution in [3.8, 4) is 0 Å². The first-order valence-electron chi connectivity index (χ1n) is 3.25. The van der Waals surface area contributed by atoms with Gasteiger partial charge in [-0.1, -0.05) is 0 Å². The van der Waals surface area contributed by atoms with Gasteiger partial charge in [-0.2, -0.15) is 0 Å². The summed E-state index contributed by atoms with van der Waals surface area (Å²) >= 11 is 0. The summed E-state index contributed by atoms with van der Waals surface area (Å²) in [5, 5.41) is 15.7. The predicted octanol–water partition coefficient (Wildman–Crippen LogP) is -1.16. The first-order valence-corrected chi connectivity index (χ1v) is 3.25. The summed E-state index contributed by atoms with van der Waals surface area (Å²) in [5.74, 6) is -1.93. The van der Waals surface area contributed by atoms with Crippen molar-refractivity contribution >= 4 is 11.9 Å². The molecule has 0 aromatic carbocycles. The van der Waals surface area contributed by atoms with Gasteiger partial charge in [0.1, 0.15) is 12.1 Å². The molecule has 0 amide bonds. The minimum absolute atomic E-state index is 0.731. The molecule has 0 aromatic heterocycles. The molecule has 0 rings (SSSR count). The molecule has 0 aliphatic heterocycles. The summed E-state index contributed by atoms with van der Waals surface area (Å²) in [6, 6.07) is -1.46. The molecular weight excluding hydrogens is 164 g/mol. The molecule has 6 heteroatoms. The minimum Gasteiger partial charge on any atom is -0.480 e. The van der Waals surface area contributed by atoms with Gasteiger partial charge in [0.25, 0.3) is 0 Å². The van der Waals surface area contributed by atoms with Crippen molar-refractivity contribution in [2.75, 3.05) is 0 Å². The quantitative estimate of drug-likeness (QED) is 0.422. The molecule has 0 aliphatic carbocycles. The Hall–Kier alpha value is -1.14. The van der Waals surface area contributed by atoms with E-state index >= 15 is 0 Å². The molecule has 0 unspecified atom stereocenters. The fourth-order valence-corrected chi connectivity index (χ4v) is 0. The molecule has 0 radical (unpaired) electrons. The van der Waals surface area contributed by atoms with Crippen molar-refractivity contribution in [3.63, 3.8) is 0 Å². The summed E-state index contributed by atoms with van der Waals surface area (Å²) in [5.41, 5.74) is 9.67. The number of hydrogen-bond acceptors (Lipinski definition) is 4. The smallest absolute Gasteiger partial charge is 0.320 e. The normalized spacial score (nSPS) is 13.7. The SMILES string of the molecule is C[C@@H](N)C(=O)O.C[C@H](N)C(=O)O. The molecule has 0 saturated carbocycles. The van der Waals surface area contributed by atoms with E-state index < -0.39 is 24.0 Å². The second kappa shape index (κ2) is 6.56. The first-order chi connectivity index (χ1) is 5.29. The highest BCUT2D eigenvalue weighted by Crippen LogP contribution is 1.68. The van der Waals surface area contributed by atoms with Crippen LogP contribution in [0, 0.1) is 0 Å². The maximum atomic E-state index is 9.57. The number of aliphatic carboxylic acids is 2. The predicted molar refractivity (Wildman–Crippen MR) is 42.6 cm³/mol. The number of carboxylic acids is 2. The summed E-state index contributed by atoms with van der Waals surface area (Å²) in [6.07, 6.45) is 0. The summed E-state index contributed by atoms with van der Waals surface area (Å²) in [7, 11) is 0. The topological polar surface area (TPSA) is 127 Å². The zero-order valence-electron chi connectivity index (χ0n) is 7.02. The van der Waals surface area contributed by atoms with E-state index in [1.807, 2.05) is 0 Å². The molecule has 12 heavy (non-hydrogen) atoms. The van der Waals surface area contributed by atoms with Gasteiger partial charge in [0, 0.05) is 0 Å². The van der Waals surface area contributed by atoms with Gasteiger partial charge in [0.15, 0.2) is 0 Å². The molecule has 0 heterocycles. The van der Waals surface area contributed by atoms with Gasteiger partial charge in [-0.25, -0.2) is 0 Å². The summed E-state index contributed by atoms with van der Waals surface area (Å²) in [6.45, 7) is 2.84. The van der Waals surface area contributed by atoms with E-state index in [0.29, 0.717) is 0 Å². The van der Waals surface area contributed by atoms with E-state index in [9.17, 15) is 9.59 Å². The molecule has 0 fully saturated rings. The largest absolute Gasteiger partial charge is 0.480 e. The third-order valence-electron chi connectivity index (χ3n) is 0.779. The Morgan fingerprint density at radius 2 is 1.08 bits per heavy atom. The first kappa shape index (κ1) is 13.4. The molecule has 0 bridgehead atoms. The van der Waals surface area contributed by atoms with Gasteiger partial charge in [-0.3, -0.25) is 9.59 Å². The van der Waals surface area contributed by atoms with E-state index in [1.165, 1.54) is 13.8 Å². The third kappa shape index (κ3) is 11.6. The monoisotopic (exact) mass is 178 g/mol. The van der Waals surface area contributed by atoms with Crippen LogP contribution in [-0.4, -0.2) is 34.2 Å². The lowest BCUT2D eigenvalue weighted by molar-refractivity contribution is -0.139. The average Bonchev–Trinajstić information content (AvgIpc) is 1.88. The molecule has 0 saturated heterocycles. The van der Waals surface area contributed by atoms with Crippen LogP contribution in [-0.2, 0) is 9.59 Å². The Kier molecular flexibility index (Phi) is 7.36. The van der Waals surface area contributed by atoms with Crippen LogP contribution >= 0.6 is 0 Å². The van der Waals surface area contributed by atoms with Crippen LogP contribution in [0.25, 0.3) is 0 Å². The Labute approximate surface area is 70.2 Å². The Morgan fingerprint density at radius 3 is 1.08 bits per heavy atom. The van der Waals surface area contributed by atoms with Crippen molar-refractivity contribution in [2.45, 2.75) is 25.9 Å². The van der Waals surface area contributed by atoms with E-state index in [1.54, 1.807) is 0 Å². The molecule has 6 nitrogen and oxygen atoms in total. The van der Waals surface area contributed by atoms with Crippen LogP contribution in [0.1, 0.15) is 13.8 Å². The average molecular weight is 178 g/mol. The molecule has 72 valence electrons. The van der Waals surface area contributed by atoms with Crippen LogP contribution in [0.4, 0.5) is 0 Å². The maximum Gasteiger partial charge on any atom is 0.320 e. The lowest BCUT2D eigenvalue weighted by atomic mass is 10.4. The minimum atomic E-state index is -0.963. The van der Waals surface area contributed by atoms with Crippen LogP contribution < -0.4 is 11.5 Å². The van der Waals surface area contributed by atoms with E-state index in [0.717, 1.165) is 0 Å². The molecule has 6 N–H and O–H groups in total. The second-order valence-electron chi connectivity index (χ2n) is 2.25. The molecule has 0 aliphatic rings. The van der Waals surface area contributed by atoms with Crippen molar-refractivity contribution in [1.82, 2.24) is 0 Å². The van der Waals surface area contributed by atoms with Gasteiger partial charge < -0.3 is 21.7 Å². The van der Waals surface area contributed by atoms with Gasteiger partial charge in [-0.15, -0.1) is 0 Å². The Balaban J connectivity index is 0. The number of carboxylic acid groups (broad SMARTS) is 2. The standard InChI is InChI=1S/2C3H7NO2/c2*1-2(4)3(5)6/h2*2H,4H2,1H3,(H,5,6)/t2*2-/m10/s1. The van der Waals surface area contributed by atoms with E-state index in [-0.39, 0.29) is 0 Å². The zero-order valence-corrected chi connectivity index (χ0v) is 7.02. The highest BCUT2D eigenvalue weighted by Gasteiger charge is 2.00. The van der Waals surface area contributed by atoms with Crippen LogP contribution in [0.5, 0.6) is 0 Å². The molecule has 2 atom stereocenters. The molecule has 0 spiro atoms. The molecule has 0 aromatic rings. The lowest BCUT2D eigenvalue weighted by Gasteiger charge is -1.90. The van der Waals surface area contributed by atoms with Gasteiger partial charge in [0.05, 0.1) is 0 Å². The summed E-state index contributed by atoms with van der Waals surface area (Å²) < 4.78 is 0. The zero-order chi connectivity index (χ0) is 10.3. The third-order valence-corrected chi connectivity index (χ3v) is 0.779. The number of hydrogen-bond donors (Lipinski definition) is 4. The van der Waals surface area contributed by atoms with Gasteiger partial charge >= 0.3 is 11.9 Å². The van der Waals surface area contributed by atoms with Crippen molar-refractivity contribution < 1.29 is 19.8 Å². The van der Waals surface area contributed by atoms with Crippen LogP contribution in [0.2, 0.25) is 0 Å². The fourth-order valence-electron chi connectivity index (χ4n) is 0.